The molecule has 0 radical (unpaired) electrons. The largest absolute Gasteiger partial charge is 0.369 e. The van der Waals surface area contributed by atoms with Crippen LogP contribution in [0.3, 0.4) is 0 Å². The first-order valence-corrected chi connectivity index (χ1v) is 9.01. The van der Waals surface area contributed by atoms with Crippen molar-refractivity contribution >= 4 is 30.0 Å². The Morgan fingerprint density at radius 1 is 1.11 bits per heavy atom. The number of rotatable bonds is 12. The second-order valence-corrected chi connectivity index (χ2v) is 5.94. The minimum atomic E-state index is -0.465. The number of aliphatic imine (C=N–C) groups is 1. The van der Waals surface area contributed by atoms with Gasteiger partial charge in [0.05, 0.1) is 6.34 Å². The number of nitrogens with zero attached hydrogens (tertiary/aromatic N) is 2. The van der Waals surface area contributed by atoms with Gasteiger partial charge in [-0.25, -0.2) is 4.99 Å². The molecule has 0 aliphatic heterocycles. The van der Waals surface area contributed by atoms with Crippen LogP contribution >= 0.6 is 0 Å². The van der Waals surface area contributed by atoms with Crippen LogP contribution in [0.25, 0.3) is 0 Å². The van der Waals surface area contributed by atoms with Gasteiger partial charge >= 0.3 is 0 Å². The van der Waals surface area contributed by atoms with Crippen molar-refractivity contribution in [2.75, 3.05) is 29.9 Å². The topological polar surface area (TPSA) is 99.8 Å². The Balaban J connectivity index is 1.88. The van der Waals surface area contributed by atoms with Gasteiger partial charge in [0.15, 0.2) is 0 Å². The van der Waals surface area contributed by atoms with E-state index in [2.05, 4.69) is 20.5 Å². The molecule has 0 aliphatic carbocycles. The molecule has 146 valence electrons. The fourth-order valence-electron chi connectivity index (χ4n) is 2.54. The predicted octanol–water partition coefficient (Wildman–Crippen LogP) is 2.38. The minimum Gasteiger partial charge on any atom is -0.369 e. The molecule has 2 amide bonds. The molecule has 0 bridgehead atoms. The van der Waals surface area contributed by atoms with Gasteiger partial charge < -0.3 is 21.3 Å². The highest BCUT2D eigenvalue weighted by atomic mass is 16.1. The average molecular weight is 379 g/mol. The predicted molar refractivity (Wildman–Crippen MR) is 114 cm³/mol. The molecule has 4 N–H and O–H groups in total. The summed E-state index contributed by atoms with van der Waals surface area (Å²) >= 11 is 0. The van der Waals surface area contributed by atoms with Crippen molar-refractivity contribution in [1.82, 2.24) is 5.32 Å². The quantitative estimate of drug-likeness (QED) is 0.228. The summed E-state index contributed by atoms with van der Waals surface area (Å²) in [7, 11) is 0. The molecule has 7 heteroatoms. The van der Waals surface area contributed by atoms with Gasteiger partial charge in [0.1, 0.15) is 0 Å². The second kappa shape index (κ2) is 11.9. The molecule has 0 aromatic heterocycles. The second-order valence-electron chi connectivity index (χ2n) is 5.94. The number of benzene rings is 2. The van der Waals surface area contributed by atoms with Gasteiger partial charge in [-0.1, -0.05) is 30.3 Å². The van der Waals surface area contributed by atoms with Crippen LogP contribution in [0.1, 0.15) is 16.8 Å². The SMILES string of the molecule is NC(=O)c1cccc(N(CC/C=C/N=CNc2ccccc2)CCNC=O)c1. The summed E-state index contributed by atoms with van der Waals surface area (Å²) in [5, 5.41) is 5.74. The summed E-state index contributed by atoms with van der Waals surface area (Å²) in [5.41, 5.74) is 7.68. The summed E-state index contributed by atoms with van der Waals surface area (Å²) in [4.78, 5) is 28.2. The van der Waals surface area contributed by atoms with E-state index in [4.69, 9.17) is 5.73 Å². The zero-order valence-electron chi connectivity index (χ0n) is 15.6. The van der Waals surface area contributed by atoms with Gasteiger partial charge in [0.25, 0.3) is 0 Å². The molecule has 0 spiro atoms. The first-order valence-electron chi connectivity index (χ1n) is 9.01. The number of hydrogen-bond donors (Lipinski definition) is 3. The first-order chi connectivity index (χ1) is 13.7. The lowest BCUT2D eigenvalue weighted by Crippen LogP contribution is -2.32. The van der Waals surface area contributed by atoms with Crippen LogP contribution in [0.5, 0.6) is 0 Å². The number of para-hydroxylation sites is 1. The monoisotopic (exact) mass is 379 g/mol. The molecule has 0 saturated carbocycles. The maximum Gasteiger partial charge on any atom is 0.248 e. The van der Waals surface area contributed by atoms with E-state index in [1.807, 2.05) is 42.5 Å². The molecule has 0 aliphatic rings. The summed E-state index contributed by atoms with van der Waals surface area (Å²) in [6.45, 7) is 1.83. The average Bonchev–Trinajstić information content (AvgIpc) is 2.72. The van der Waals surface area contributed by atoms with Gasteiger partial charge in [0, 0.05) is 42.8 Å². The van der Waals surface area contributed by atoms with Crippen molar-refractivity contribution in [3.05, 3.63) is 72.4 Å². The highest BCUT2D eigenvalue weighted by Gasteiger charge is 2.08. The highest BCUT2D eigenvalue weighted by molar-refractivity contribution is 5.93. The molecular weight excluding hydrogens is 354 g/mol. The third-order valence-electron chi connectivity index (χ3n) is 3.94. The molecule has 0 unspecified atom stereocenters. The number of primary amides is 1. The molecule has 0 fully saturated rings. The molecule has 0 saturated heterocycles. The van der Waals surface area contributed by atoms with Crippen LogP contribution in [0, 0.1) is 0 Å². The molecule has 2 rings (SSSR count). The van der Waals surface area contributed by atoms with E-state index in [1.165, 1.54) is 0 Å². The van der Waals surface area contributed by atoms with Crippen LogP contribution in [0.15, 0.2) is 71.9 Å². The number of nitrogens with one attached hydrogen (secondary N) is 2. The van der Waals surface area contributed by atoms with Crippen LogP contribution in [-0.4, -0.2) is 38.3 Å². The number of anilines is 2. The van der Waals surface area contributed by atoms with Crippen LogP contribution in [0.4, 0.5) is 11.4 Å². The van der Waals surface area contributed by atoms with Crippen molar-refractivity contribution in [1.29, 1.82) is 0 Å². The van der Waals surface area contributed by atoms with Gasteiger partial charge in [0.2, 0.25) is 12.3 Å². The fraction of sp³-hybridized carbons (Fsp3) is 0.190. The maximum absolute atomic E-state index is 11.4. The third kappa shape index (κ3) is 7.33. The van der Waals surface area contributed by atoms with Gasteiger partial charge in [-0.2, -0.15) is 0 Å². The molecule has 2 aromatic rings. The van der Waals surface area contributed by atoms with Gasteiger partial charge in [-0.3, -0.25) is 9.59 Å². The highest BCUT2D eigenvalue weighted by Crippen LogP contribution is 2.16. The van der Waals surface area contributed by atoms with E-state index in [0.717, 1.165) is 17.8 Å². The van der Waals surface area contributed by atoms with Crippen molar-refractivity contribution in [3.8, 4) is 0 Å². The number of carbonyl (C=O) groups excluding carboxylic acids is 2. The Labute approximate surface area is 165 Å². The van der Waals surface area contributed by atoms with Crippen LogP contribution < -0.4 is 21.3 Å². The van der Waals surface area contributed by atoms with Crippen LogP contribution in [-0.2, 0) is 4.79 Å². The smallest absolute Gasteiger partial charge is 0.248 e. The molecular formula is C21H25N5O2. The Kier molecular flexibility index (Phi) is 8.80. The number of carbonyl (C=O) groups is 2. The molecule has 2 aromatic carbocycles. The molecule has 0 atom stereocenters. The van der Waals surface area contributed by atoms with Crippen LogP contribution in [0.2, 0.25) is 0 Å². The third-order valence-corrected chi connectivity index (χ3v) is 3.94. The number of amides is 2. The molecule has 7 nitrogen and oxygen atoms in total. The normalized spacial score (nSPS) is 10.9. The van der Waals surface area contributed by atoms with Crippen molar-refractivity contribution in [2.24, 2.45) is 10.7 Å². The molecule has 0 heterocycles. The minimum absolute atomic E-state index is 0.456. The van der Waals surface area contributed by atoms with E-state index in [-0.39, 0.29) is 0 Å². The Morgan fingerprint density at radius 3 is 2.68 bits per heavy atom. The summed E-state index contributed by atoms with van der Waals surface area (Å²) < 4.78 is 0. The van der Waals surface area contributed by atoms with Gasteiger partial charge in [-0.15, -0.1) is 0 Å². The van der Waals surface area contributed by atoms with Gasteiger partial charge in [-0.05, 0) is 36.8 Å². The van der Waals surface area contributed by atoms with Crippen molar-refractivity contribution in [2.45, 2.75) is 6.42 Å². The zero-order chi connectivity index (χ0) is 20.0. The number of hydrogen-bond acceptors (Lipinski definition) is 4. The summed E-state index contributed by atoms with van der Waals surface area (Å²) in [5.74, 6) is -0.465. The zero-order valence-corrected chi connectivity index (χ0v) is 15.6. The molecule has 28 heavy (non-hydrogen) atoms. The van der Waals surface area contributed by atoms with E-state index in [9.17, 15) is 9.59 Å². The number of nitrogens with two attached hydrogens (primary N) is 1. The van der Waals surface area contributed by atoms with Crippen molar-refractivity contribution in [3.63, 3.8) is 0 Å². The Hall–Kier alpha value is -3.61. The van der Waals surface area contributed by atoms with E-state index >= 15 is 0 Å². The lowest BCUT2D eigenvalue weighted by molar-refractivity contribution is -0.109. The van der Waals surface area contributed by atoms with Crippen molar-refractivity contribution < 1.29 is 9.59 Å². The van der Waals surface area contributed by atoms with E-state index in [0.29, 0.717) is 31.6 Å². The summed E-state index contributed by atoms with van der Waals surface area (Å²) in [6, 6.07) is 16.9. The Bertz CT molecular complexity index is 805. The Morgan fingerprint density at radius 2 is 1.93 bits per heavy atom. The van der Waals surface area contributed by atoms with E-state index < -0.39 is 5.91 Å². The lowest BCUT2D eigenvalue weighted by atomic mass is 10.1. The first kappa shape index (κ1) is 20.7. The lowest BCUT2D eigenvalue weighted by Gasteiger charge is -2.24. The van der Waals surface area contributed by atoms with E-state index in [1.54, 1.807) is 30.7 Å². The standard InChI is InChI=1S/C21H25N5O2/c22-21(28)18-7-6-10-20(15-18)26(14-12-24-17-27)13-5-4-11-23-16-25-19-8-2-1-3-9-19/h1-4,6-11,15-17H,5,12-14H2,(H2,22,28)(H,23,25)(H,24,27)/b11-4+. The fourth-order valence-corrected chi connectivity index (χ4v) is 2.54. The maximum atomic E-state index is 11.4. The summed E-state index contributed by atoms with van der Waals surface area (Å²) in [6.07, 6.45) is 6.75.